The van der Waals surface area contributed by atoms with Gasteiger partial charge in [0.15, 0.2) is 5.75 Å². The van der Waals surface area contributed by atoms with Crippen LogP contribution >= 0.6 is 0 Å². The van der Waals surface area contributed by atoms with Crippen molar-refractivity contribution in [3.63, 3.8) is 0 Å². The number of nitrogens with one attached hydrogen (secondary N) is 2. The van der Waals surface area contributed by atoms with E-state index in [1.165, 1.54) is 30.3 Å². The first kappa shape index (κ1) is 22.6. The van der Waals surface area contributed by atoms with E-state index in [1.807, 2.05) is 0 Å². The number of nitrogen functional groups attached to an aromatic ring is 1. The molecule has 0 saturated heterocycles. The Bertz CT molecular complexity index is 1210. The molecular weight excluding hydrogens is 427 g/mol. The molecule has 0 heterocycles. The highest BCUT2D eigenvalue weighted by atomic mass is 19.4. The number of esters is 1. The van der Waals surface area contributed by atoms with Crippen molar-refractivity contribution >= 4 is 34.2 Å². The molecule has 0 fully saturated rings. The fourth-order valence-corrected chi connectivity index (χ4v) is 2.94. The van der Waals surface area contributed by atoms with Gasteiger partial charge in [-0.05, 0) is 42.6 Å². The Kier molecular flexibility index (Phi) is 6.33. The number of alkyl halides is 3. The maximum atomic E-state index is 12.9. The zero-order valence-electron chi connectivity index (χ0n) is 16.7. The molecule has 0 aromatic heterocycles. The lowest BCUT2D eigenvalue weighted by molar-refractivity contribution is -0.189. The van der Waals surface area contributed by atoms with Crippen molar-refractivity contribution < 1.29 is 32.2 Å². The number of amidine groups is 1. The average Bonchev–Trinajstić information content (AvgIpc) is 2.73. The summed E-state index contributed by atoms with van der Waals surface area (Å²) < 4.78 is 48.6. The highest BCUT2D eigenvalue weighted by Crippen LogP contribution is 2.33. The first-order valence-electron chi connectivity index (χ1n) is 9.34. The van der Waals surface area contributed by atoms with E-state index in [2.05, 4.69) is 10.1 Å². The second-order valence-electron chi connectivity index (χ2n) is 6.59. The second-order valence-corrected chi connectivity index (χ2v) is 6.59. The number of hydrogen-bond acceptors (Lipinski definition) is 5. The zero-order valence-corrected chi connectivity index (χ0v) is 16.7. The number of amides is 1. The van der Waals surface area contributed by atoms with Crippen molar-refractivity contribution in [1.29, 1.82) is 5.41 Å². The molecule has 0 atom stereocenters. The summed E-state index contributed by atoms with van der Waals surface area (Å²) in [4.78, 5) is 24.4. The molecule has 0 aliphatic carbocycles. The molecule has 32 heavy (non-hydrogen) atoms. The standard InChI is InChI=1S/C22H18F3N3O4/c1-2-31-15-5-3-4-14(11-15)28-20(29)17-9-6-12-10-13(19(26)27)7-8-16(12)18(17)32-21(30)22(23,24)25/h3-11H,2H2,1H3,(H3,26,27)(H,28,29). The highest BCUT2D eigenvalue weighted by molar-refractivity contribution is 6.11. The Morgan fingerprint density at radius 1 is 1.09 bits per heavy atom. The molecule has 0 spiro atoms. The van der Waals surface area contributed by atoms with Gasteiger partial charge in [0.05, 0.1) is 12.2 Å². The predicted molar refractivity (Wildman–Crippen MR) is 112 cm³/mol. The van der Waals surface area contributed by atoms with Gasteiger partial charge in [-0.2, -0.15) is 13.2 Å². The number of benzene rings is 3. The Labute approximate surface area is 180 Å². The van der Waals surface area contributed by atoms with Crippen molar-refractivity contribution in [1.82, 2.24) is 0 Å². The van der Waals surface area contributed by atoms with E-state index in [1.54, 1.807) is 31.2 Å². The number of hydrogen-bond donors (Lipinski definition) is 3. The van der Waals surface area contributed by atoms with Crippen molar-refractivity contribution in [3.05, 3.63) is 65.7 Å². The molecule has 0 saturated carbocycles. The maximum Gasteiger partial charge on any atom is 0.491 e. The molecule has 166 valence electrons. The first-order valence-corrected chi connectivity index (χ1v) is 9.34. The van der Waals surface area contributed by atoms with Crippen molar-refractivity contribution in [2.24, 2.45) is 5.73 Å². The molecule has 3 aromatic rings. The van der Waals surface area contributed by atoms with E-state index >= 15 is 0 Å². The summed E-state index contributed by atoms with van der Waals surface area (Å²) in [5.74, 6) is -3.58. The summed E-state index contributed by atoms with van der Waals surface area (Å²) in [6.07, 6.45) is -5.26. The fourth-order valence-electron chi connectivity index (χ4n) is 2.94. The number of fused-ring (bicyclic) bond motifs is 1. The van der Waals surface area contributed by atoms with Gasteiger partial charge in [-0.3, -0.25) is 10.2 Å². The van der Waals surface area contributed by atoms with Gasteiger partial charge >= 0.3 is 12.1 Å². The normalized spacial score (nSPS) is 11.1. The summed E-state index contributed by atoms with van der Waals surface area (Å²) in [5, 5.41) is 10.5. The molecular formula is C22H18F3N3O4. The quantitative estimate of drug-likeness (QED) is 0.227. The summed E-state index contributed by atoms with van der Waals surface area (Å²) in [6.45, 7) is 2.20. The molecule has 10 heteroatoms. The van der Waals surface area contributed by atoms with Crippen LogP contribution in [-0.2, 0) is 4.79 Å². The van der Waals surface area contributed by atoms with E-state index in [-0.39, 0.29) is 16.8 Å². The number of carbonyl (C=O) groups excluding carboxylic acids is 2. The number of nitrogens with two attached hydrogens (primary N) is 1. The lowest BCUT2D eigenvalue weighted by Gasteiger charge is -2.15. The Balaban J connectivity index is 2.06. The predicted octanol–water partition coefficient (Wildman–Crippen LogP) is 4.24. The Hall–Kier alpha value is -4.08. The average molecular weight is 445 g/mol. The lowest BCUT2D eigenvalue weighted by atomic mass is 10.0. The molecule has 4 N–H and O–H groups in total. The molecule has 0 bridgehead atoms. The molecule has 1 amide bonds. The van der Waals surface area contributed by atoms with E-state index in [0.29, 0.717) is 29.0 Å². The summed E-state index contributed by atoms with van der Waals surface area (Å²) >= 11 is 0. The van der Waals surface area contributed by atoms with Crippen LogP contribution in [0.25, 0.3) is 10.8 Å². The van der Waals surface area contributed by atoms with Crippen molar-refractivity contribution in [3.8, 4) is 11.5 Å². The van der Waals surface area contributed by atoms with Crippen LogP contribution in [0.3, 0.4) is 0 Å². The topological polar surface area (TPSA) is 114 Å². The largest absolute Gasteiger partial charge is 0.494 e. The van der Waals surface area contributed by atoms with E-state index in [9.17, 15) is 22.8 Å². The monoisotopic (exact) mass is 445 g/mol. The summed E-state index contributed by atoms with van der Waals surface area (Å²) in [6, 6.07) is 13.3. The van der Waals surface area contributed by atoms with E-state index < -0.39 is 23.8 Å². The minimum Gasteiger partial charge on any atom is -0.494 e. The van der Waals surface area contributed by atoms with E-state index in [0.717, 1.165) is 0 Å². The van der Waals surface area contributed by atoms with Crippen LogP contribution in [0.5, 0.6) is 11.5 Å². The van der Waals surface area contributed by atoms with Gasteiger partial charge < -0.3 is 20.5 Å². The molecule has 7 nitrogen and oxygen atoms in total. The van der Waals surface area contributed by atoms with E-state index in [4.69, 9.17) is 15.9 Å². The van der Waals surface area contributed by atoms with Gasteiger partial charge in [0.1, 0.15) is 11.6 Å². The number of rotatable bonds is 6. The van der Waals surface area contributed by atoms with Gasteiger partial charge in [0, 0.05) is 22.7 Å². The number of carbonyl (C=O) groups is 2. The molecule has 3 rings (SSSR count). The lowest BCUT2D eigenvalue weighted by Crippen LogP contribution is -2.29. The SMILES string of the molecule is CCOc1cccc(NC(=O)c2ccc3cc(C(=N)N)ccc3c2OC(=O)C(F)(F)F)c1. The third kappa shape index (κ3) is 4.97. The maximum absolute atomic E-state index is 12.9. The zero-order chi connectivity index (χ0) is 23.5. The van der Waals surface area contributed by atoms with Crippen molar-refractivity contribution in [2.45, 2.75) is 13.1 Å². The first-order chi connectivity index (χ1) is 15.1. The number of ether oxygens (including phenoxy) is 2. The smallest absolute Gasteiger partial charge is 0.491 e. The molecule has 0 unspecified atom stereocenters. The molecule has 3 aromatic carbocycles. The highest BCUT2D eigenvalue weighted by Gasteiger charge is 2.42. The van der Waals surface area contributed by atoms with Crippen LogP contribution < -0.4 is 20.5 Å². The Morgan fingerprint density at radius 2 is 1.84 bits per heavy atom. The van der Waals surface area contributed by atoms with Gasteiger partial charge in [-0.1, -0.05) is 18.2 Å². The van der Waals surface area contributed by atoms with Crippen LogP contribution in [0, 0.1) is 5.41 Å². The van der Waals surface area contributed by atoms with Gasteiger partial charge in [0.2, 0.25) is 0 Å². The minimum atomic E-state index is -5.26. The van der Waals surface area contributed by atoms with Crippen LogP contribution in [0.2, 0.25) is 0 Å². The molecule has 0 aliphatic heterocycles. The Morgan fingerprint density at radius 3 is 2.50 bits per heavy atom. The van der Waals surface area contributed by atoms with Crippen LogP contribution in [-0.4, -0.2) is 30.5 Å². The van der Waals surface area contributed by atoms with Crippen LogP contribution in [0.15, 0.2) is 54.6 Å². The number of anilines is 1. The van der Waals surface area contributed by atoms with Gasteiger partial charge in [-0.25, -0.2) is 4.79 Å². The fraction of sp³-hybridized carbons (Fsp3) is 0.136. The van der Waals surface area contributed by atoms with Gasteiger partial charge in [0.25, 0.3) is 5.91 Å². The summed E-state index contributed by atoms with van der Waals surface area (Å²) in [5.41, 5.74) is 5.82. The number of halogens is 3. The minimum absolute atomic E-state index is 0.0725. The molecule has 0 aliphatic rings. The molecule has 0 radical (unpaired) electrons. The summed E-state index contributed by atoms with van der Waals surface area (Å²) in [7, 11) is 0. The second kappa shape index (κ2) is 8.96. The third-order valence-electron chi connectivity index (χ3n) is 4.36. The van der Waals surface area contributed by atoms with Crippen LogP contribution in [0.1, 0.15) is 22.8 Å². The third-order valence-corrected chi connectivity index (χ3v) is 4.36. The van der Waals surface area contributed by atoms with Crippen molar-refractivity contribution in [2.75, 3.05) is 11.9 Å². The van der Waals surface area contributed by atoms with Gasteiger partial charge in [-0.15, -0.1) is 0 Å². The van der Waals surface area contributed by atoms with Crippen LogP contribution in [0.4, 0.5) is 18.9 Å².